The van der Waals surface area contributed by atoms with Crippen molar-refractivity contribution >= 4 is 50.7 Å². The number of benzene rings is 3. The number of carbonyl (C=O) groups is 2. The first kappa shape index (κ1) is 32.4. The Morgan fingerprint density at radius 3 is 2.10 bits per heavy atom. The predicted molar refractivity (Wildman–Crippen MR) is 166 cm³/mol. The highest BCUT2D eigenvalue weighted by Crippen LogP contribution is 2.30. The highest BCUT2D eigenvalue weighted by Gasteiger charge is 2.34. The van der Waals surface area contributed by atoms with Gasteiger partial charge >= 0.3 is 0 Å². The average Bonchev–Trinajstić information content (AvgIpc) is 2.90. The van der Waals surface area contributed by atoms with Crippen LogP contribution in [0.25, 0.3) is 0 Å². The van der Waals surface area contributed by atoms with Gasteiger partial charge in [0.2, 0.25) is 11.8 Å². The van der Waals surface area contributed by atoms with Crippen molar-refractivity contribution in [1.29, 1.82) is 0 Å². The maximum atomic E-state index is 14.2. The molecule has 0 aliphatic carbocycles. The molecule has 0 bridgehead atoms. The molecule has 0 aliphatic rings. The van der Waals surface area contributed by atoms with Gasteiger partial charge < -0.3 is 10.2 Å². The van der Waals surface area contributed by atoms with Crippen molar-refractivity contribution in [2.24, 2.45) is 5.92 Å². The molecule has 0 heterocycles. The van der Waals surface area contributed by atoms with Crippen molar-refractivity contribution in [3.05, 3.63) is 93.5 Å². The lowest BCUT2D eigenvalue weighted by Gasteiger charge is -2.33. The van der Waals surface area contributed by atoms with E-state index in [4.69, 9.17) is 23.2 Å². The first-order valence-electron chi connectivity index (χ1n) is 13.5. The van der Waals surface area contributed by atoms with Crippen LogP contribution in [0, 0.1) is 19.8 Å². The molecular weight excluding hydrogens is 581 g/mol. The summed E-state index contributed by atoms with van der Waals surface area (Å²) in [6.45, 7) is 9.61. The Morgan fingerprint density at radius 2 is 1.54 bits per heavy atom. The van der Waals surface area contributed by atoms with Gasteiger partial charge in [-0.1, -0.05) is 85.9 Å². The van der Waals surface area contributed by atoms with Crippen molar-refractivity contribution in [2.45, 2.75) is 58.5 Å². The van der Waals surface area contributed by atoms with Gasteiger partial charge in [0.15, 0.2) is 0 Å². The number of sulfonamides is 1. The summed E-state index contributed by atoms with van der Waals surface area (Å²) < 4.78 is 29.0. The minimum atomic E-state index is -4.22. The van der Waals surface area contributed by atoms with Crippen molar-refractivity contribution in [3.8, 4) is 0 Å². The molecule has 0 fully saturated rings. The summed E-state index contributed by atoms with van der Waals surface area (Å²) in [6.07, 6.45) is 0.343. The monoisotopic (exact) mass is 617 g/mol. The van der Waals surface area contributed by atoms with Gasteiger partial charge in [-0.25, -0.2) is 8.42 Å². The molecule has 1 atom stereocenters. The number of rotatable bonds is 12. The van der Waals surface area contributed by atoms with Crippen LogP contribution in [0.2, 0.25) is 10.0 Å². The maximum Gasteiger partial charge on any atom is 0.264 e. The Labute approximate surface area is 253 Å². The van der Waals surface area contributed by atoms with Gasteiger partial charge in [0.1, 0.15) is 12.6 Å². The Balaban J connectivity index is 2.09. The van der Waals surface area contributed by atoms with Crippen LogP contribution in [-0.4, -0.2) is 44.3 Å². The van der Waals surface area contributed by atoms with Gasteiger partial charge in [0.05, 0.1) is 10.6 Å². The van der Waals surface area contributed by atoms with E-state index in [2.05, 4.69) is 5.32 Å². The quantitative estimate of drug-likeness (QED) is 0.255. The summed E-state index contributed by atoms with van der Waals surface area (Å²) in [5.41, 5.74) is 2.84. The molecule has 41 heavy (non-hydrogen) atoms. The van der Waals surface area contributed by atoms with Crippen molar-refractivity contribution < 1.29 is 18.0 Å². The Hall–Kier alpha value is -3.07. The molecule has 7 nitrogen and oxygen atoms in total. The smallest absolute Gasteiger partial charge is 0.264 e. The molecule has 0 saturated carbocycles. The second kappa shape index (κ2) is 14.2. The van der Waals surface area contributed by atoms with E-state index in [1.54, 1.807) is 12.1 Å². The van der Waals surface area contributed by atoms with E-state index in [1.807, 2.05) is 58.9 Å². The molecule has 2 amide bonds. The molecule has 0 radical (unpaired) electrons. The van der Waals surface area contributed by atoms with Gasteiger partial charge in [-0.05, 0) is 67.6 Å². The predicted octanol–water partition coefficient (Wildman–Crippen LogP) is 6.39. The molecule has 0 spiro atoms. The first-order valence-corrected chi connectivity index (χ1v) is 15.7. The van der Waals surface area contributed by atoms with Gasteiger partial charge in [-0.15, -0.1) is 0 Å². The zero-order valence-corrected chi connectivity index (χ0v) is 26.4. The zero-order chi connectivity index (χ0) is 30.3. The van der Waals surface area contributed by atoms with Gasteiger partial charge in [-0.3, -0.25) is 13.9 Å². The number of hydrogen-bond donors (Lipinski definition) is 1. The third-order valence-electron chi connectivity index (χ3n) is 6.70. The van der Waals surface area contributed by atoms with Crippen LogP contribution in [0.15, 0.2) is 71.6 Å². The zero-order valence-electron chi connectivity index (χ0n) is 24.0. The summed E-state index contributed by atoms with van der Waals surface area (Å²) in [5.74, 6) is -0.604. The number of amides is 2. The Kier molecular flexibility index (Phi) is 11.2. The van der Waals surface area contributed by atoms with Crippen LogP contribution in [0.3, 0.4) is 0 Å². The molecule has 1 N–H and O–H groups in total. The minimum Gasteiger partial charge on any atom is -0.354 e. The molecule has 0 saturated heterocycles. The molecule has 3 aromatic rings. The molecule has 3 rings (SSSR count). The maximum absolute atomic E-state index is 14.2. The molecular formula is C31H37Cl2N3O4S. The number of nitrogens with zero attached hydrogens (tertiary/aromatic N) is 2. The number of aryl methyl sites for hydroxylation is 2. The number of anilines is 1. The second-order valence-electron chi connectivity index (χ2n) is 10.5. The number of nitrogens with one attached hydrogen (secondary N) is 1. The van der Waals surface area contributed by atoms with E-state index in [0.29, 0.717) is 13.0 Å². The van der Waals surface area contributed by atoms with Crippen LogP contribution >= 0.6 is 23.2 Å². The van der Waals surface area contributed by atoms with Gasteiger partial charge in [0, 0.05) is 23.1 Å². The minimum absolute atomic E-state index is 0.0131. The van der Waals surface area contributed by atoms with E-state index >= 15 is 0 Å². The topological polar surface area (TPSA) is 86.8 Å². The van der Waals surface area contributed by atoms with Crippen LogP contribution in [0.1, 0.15) is 43.9 Å². The van der Waals surface area contributed by atoms with E-state index in [9.17, 15) is 18.0 Å². The third-order valence-corrected chi connectivity index (χ3v) is 8.92. The lowest BCUT2D eigenvalue weighted by Crippen LogP contribution is -2.52. The molecule has 0 aromatic heterocycles. The van der Waals surface area contributed by atoms with Crippen LogP contribution in [-0.2, 0) is 26.2 Å². The molecule has 10 heteroatoms. The van der Waals surface area contributed by atoms with E-state index < -0.39 is 28.5 Å². The molecule has 0 unspecified atom stereocenters. The summed E-state index contributed by atoms with van der Waals surface area (Å²) in [5, 5.41) is 3.38. The normalized spacial score (nSPS) is 12.2. The van der Waals surface area contributed by atoms with Gasteiger partial charge in [0.25, 0.3) is 10.0 Å². The Morgan fingerprint density at radius 1 is 0.927 bits per heavy atom. The standard InChI is InChI=1S/C31H37Cl2N3O4S/c1-6-29(31(38)34-18-21(2)3)35(19-24-10-8-7-9-23(24)5)30(37)20-36(27-16-25(32)15-26(33)17-27)41(39,40)28-13-11-22(4)12-14-28/h7-17,21,29H,6,18-20H2,1-5H3,(H,34,38)/t29-/m1/s1. The van der Waals surface area contributed by atoms with Crippen molar-refractivity contribution in [3.63, 3.8) is 0 Å². The molecule has 3 aromatic carbocycles. The molecule has 0 aliphatic heterocycles. The van der Waals surface area contributed by atoms with E-state index in [-0.39, 0.29) is 39.0 Å². The SMILES string of the molecule is CC[C@H](C(=O)NCC(C)C)N(Cc1ccccc1C)C(=O)CN(c1cc(Cl)cc(Cl)c1)S(=O)(=O)c1ccc(C)cc1. The van der Waals surface area contributed by atoms with Crippen molar-refractivity contribution in [2.75, 3.05) is 17.4 Å². The third kappa shape index (κ3) is 8.47. The summed E-state index contributed by atoms with van der Waals surface area (Å²) in [6, 6.07) is 17.5. The summed E-state index contributed by atoms with van der Waals surface area (Å²) in [7, 11) is -4.22. The number of carbonyl (C=O) groups excluding carboxylic acids is 2. The fraction of sp³-hybridized carbons (Fsp3) is 0.355. The fourth-order valence-corrected chi connectivity index (χ4v) is 6.27. The summed E-state index contributed by atoms with van der Waals surface area (Å²) >= 11 is 12.5. The highest BCUT2D eigenvalue weighted by atomic mass is 35.5. The van der Waals surface area contributed by atoms with Crippen LogP contribution in [0.4, 0.5) is 5.69 Å². The fourth-order valence-electron chi connectivity index (χ4n) is 4.36. The molecule has 220 valence electrons. The average molecular weight is 619 g/mol. The lowest BCUT2D eigenvalue weighted by atomic mass is 10.1. The highest BCUT2D eigenvalue weighted by molar-refractivity contribution is 7.92. The lowest BCUT2D eigenvalue weighted by molar-refractivity contribution is -0.140. The van der Waals surface area contributed by atoms with Gasteiger partial charge in [-0.2, -0.15) is 0 Å². The van der Waals surface area contributed by atoms with E-state index in [0.717, 1.165) is 21.0 Å². The Bertz CT molecular complexity index is 1460. The largest absolute Gasteiger partial charge is 0.354 e. The van der Waals surface area contributed by atoms with E-state index in [1.165, 1.54) is 35.2 Å². The van der Waals surface area contributed by atoms with Crippen molar-refractivity contribution in [1.82, 2.24) is 10.2 Å². The van der Waals surface area contributed by atoms with Crippen LogP contribution < -0.4 is 9.62 Å². The second-order valence-corrected chi connectivity index (χ2v) is 13.2. The first-order chi connectivity index (χ1) is 19.3. The van der Waals surface area contributed by atoms with Crippen LogP contribution in [0.5, 0.6) is 0 Å². The number of hydrogen-bond acceptors (Lipinski definition) is 4. The number of halogens is 2. The summed E-state index contributed by atoms with van der Waals surface area (Å²) in [4.78, 5) is 29.0.